The summed E-state index contributed by atoms with van der Waals surface area (Å²) in [4.78, 5) is 12.1. The molecule has 0 aromatic heterocycles. The molecule has 31 heavy (non-hydrogen) atoms. The number of ether oxygens (including phenoxy) is 2. The molecule has 7 heteroatoms. The van der Waals surface area contributed by atoms with Gasteiger partial charge in [-0.3, -0.25) is 4.79 Å². The summed E-state index contributed by atoms with van der Waals surface area (Å²) in [5.41, 5.74) is 5.37. The molecule has 0 aliphatic rings. The average molecular weight is 546 g/mol. The van der Waals surface area contributed by atoms with E-state index in [4.69, 9.17) is 9.47 Å². The van der Waals surface area contributed by atoms with E-state index >= 15 is 0 Å². The van der Waals surface area contributed by atoms with Crippen LogP contribution >= 0.6 is 31.9 Å². The third kappa shape index (κ3) is 7.52. The number of benzene rings is 3. The van der Waals surface area contributed by atoms with Crippen LogP contribution in [0.25, 0.3) is 0 Å². The second-order valence-corrected chi connectivity index (χ2v) is 8.42. The number of hydrogen-bond donors (Lipinski definition) is 1. The van der Waals surface area contributed by atoms with E-state index in [0.29, 0.717) is 13.2 Å². The first-order valence-corrected chi connectivity index (χ1v) is 11.3. The molecule has 3 aromatic carbocycles. The molecule has 3 aromatic rings. The van der Waals surface area contributed by atoms with E-state index in [1.54, 1.807) is 6.21 Å². The van der Waals surface area contributed by atoms with Crippen LogP contribution < -0.4 is 14.9 Å². The van der Waals surface area contributed by atoms with Crippen LogP contribution in [-0.2, 0) is 17.8 Å². The van der Waals surface area contributed by atoms with Gasteiger partial charge in [-0.2, -0.15) is 5.10 Å². The summed E-state index contributed by atoms with van der Waals surface area (Å²) >= 11 is 6.95. The van der Waals surface area contributed by atoms with E-state index in [1.165, 1.54) is 0 Å². The molecule has 3 rings (SSSR count). The monoisotopic (exact) mass is 544 g/mol. The molecule has 0 aliphatic heterocycles. The fourth-order valence-electron chi connectivity index (χ4n) is 2.73. The summed E-state index contributed by atoms with van der Waals surface area (Å²) in [5.74, 6) is 1.34. The van der Waals surface area contributed by atoms with Crippen LogP contribution in [0.1, 0.15) is 23.6 Å². The number of hydrogen-bond acceptors (Lipinski definition) is 4. The molecular formula is C24H22Br2N2O3. The molecule has 0 spiro atoms. The molecule has 0 atom stereocenters. The van der Waals surface area contributed by atoms with Gasteiger partial charge in [0.2, 0.25) is 5.91 Å². The van der Waals surface area contributed by atoms with E-state index in [-0.39, 0.29) is 12.3 Å². The Kier molecular flexibility index (Phi) is 8.67. The number of carbonyl (C=O) groups is 1. The summed E-state index contributed by atoms with van der Waals surface area (Å²) in [6.07, 6.45) is 1.84. The molecule has 5 nitrogen and oxygen atoms in total. The van der Waals surface area contributed by atoms with Crippen LogP contribution in [0.4, 0.5) is 0 Å². The van der Waals surface area contributed by atoms with E-state index in [0.717, 1.165) is 37.1 Å². The first-order valence-electron chi connectivity index (χ1n) is 9.74. The smallest absolute Gasteiger partial charge is 0.244 e. The van der Waals surface area contributed by atoms with Crippen molar-refractivity contribution in [1.82, 2.24) is 5.43 Å². The van der Waals surface area contributed by atoms with Crippen LogP contribution in [0.15, 0.2) is 80.8 Å². The second kappa shape index (κ2) is 11.7. The minimum Gasteiger partial charge on any atom is -0.494 e. The third-order valence-electron chi connectivity index (χ3n) is 4.27. The zero-order valence-corrected chi connectivity index (χ0v) is 20.1. The van der Waals surface area contributed by atoms with Gasteiger partial charge in [0.1, 0.15) is 18.1 Å². The van der Waals surface area contributed by atoms with Gasteiger partial charge < -0.3 is 9.47 Å². The quantitative estimate of drug-likeness (QED) is 0.270. The van der Waals surface area contributed by atoms with Gasteiger partial charge >= 0.3 is 0 Å². The maximum atomic E-state index is 12.1. The predicted molar refractivity (Wildman–Crippen MR) is 130 cm³/mol. The fraction of sp³-hybridized carbons (Fsp3) is 0.167. The van der Waals surface area contributed by atoms with E-state index in [1.807, 2.05) is 73.7 Å². The molecule has 0 heterocycles. The highest BCUT2D eigenvalue weighted by atomic mass is 79.9. The van der Waals surface area contributed by atoms with Crippen molar-refractivity contribution in [2.75, 3.05) is 6.61 Å². The highest BCUT2D eigenvalue weighted by molar-refractivity contribution is 9.10. The number of hydrazone groups is 1. The van der Waals surface area contributed by atoms with E-state index in [2.05, 4.69) is 42.4 Å². The molecule has 0 aliphatic carbocycles. The Bertz CT molecular complexity index is 1040. The molecule has 0 saturated heterocycles. The van der Waals surface area contributed by atoms with Crippen molar-refractivity contribution in [1.29, 1.82) is 0 Å². The van der Waals surface area contributed by atoms with Gasteiger partial charge in [0, 0.05) is 4.47 Å². The van der Waals surface area contributed by atoms with Crippen molar-refractivity contribution < 1.29 is 14.3 Å². The Morgan fingerprint density at radius 1 is 0.968 bits per heavy atom. The van der Waals surface area contributed by atoms with Crippen molar-refractivity contribution in [2.24, 2.45) is 5.10 Å². The second-order valence-electron chi connectivity index (χ2n) is 6.65. The average Bonchev–Trinajstić information content (AvgIpc) is 2.76. The Morgan fingerprint density at radius 2 is 1.68 bits per heavy atom. The summed E-state index contributed by atoms with van der Waals surface area (Å²) in [7, 11) is 0. The molecule has 0 bridgehead atoms. The standard InChI is InChI=1S/C24H22Br2N2O3/c1-2-30-21-10-5-17(6-11-21)14-24(29)28-27-15-19-7-12-23(22(26)13-19)31-16-18-3-8-20(25)9-4-18/h3-13,15H,2,14,16H2,1H3,(H,28,29)/b27-15+. The van der Waals surface area contributed by atoms with Gasteiger partial charge in [0.05, 0.1) is 23.7 Å². The molecule has 0 unspecified atom stereocenters. The van der Waals surface area contributed by atoms with Crippen LogP contribution in [0.3, 0.4) is 0 Å². The Hall–Kier alpha value is -2.64. The van der Waals surface area contributed by atoms with Gasteiger partial charge in [0.15, 0.2) is 0 Å². The number of amides is 1. The van der Waals surface area contributed by atoms with Crippen LogP contribution in [-0.4, -0.2) is 18.7 Å². The van der Waals surface area contributed by atoms with Gasteiger partial charge in [0.25, 0.3) is 0 Å². The zero-order chi connectivity index (χ0) is 22.1. The first kappa shape index (κ1) is 23.0. The van der Waals surface area contributed by atoms with Crippen LogP contribution in [0, 0.1) is 0 Å². The van der Waals surface area contributed by atoms with E-state index < -0.39 is 0 Å². The summed E-state index contributed by atoms with van der Waals surface area (Å²) < 4.78 is 13.1. The lowest BCUT2D eigenvalue weighted by Crippen LogP contribution is -2.19. The highest BCUT2D eigenvalue weighted by Gasteiger charge is 2.05. The lowest BCUT2D eigenvalue weighted by atomic mass is 10.1. The molecular weight excluding hydrogens is 524 g/mol. The van der Waals surface area contributed by atoms with Gasteiger partial charge in [-0.25, -0.2) is 5.43 Å². The van der Waals surface area contributed by atoms with Crippen molar-refractivity contribution in [3.05, 3.63) is 92.4 Å². The summed E-state index contributed by atoms with van der Waals surface area (Å²) in [6.45, 7) is 3.02. The molecule has 0 saturated carbocycles. The molecule has 0 fully saturated rings. The zero-order valence-electron chi connectivity index (χ0n) is 17.0. The number of rotatable bonds is 9. The molecule has 160 valence electrons. The minimum atomic E-state index is -0.186. The number of nitrogens with one attached hydrogen (secondary N) is 1. The Labute approximate surface area is 198 Å². The van der Waals surface area contributed by atoms with E-state index in [9.17, 15) is 4.79 Å². The van der Waals surface area contributed by atoms with Crippen molar-refractivity contribution in [3.8, 4) is 11.5 Å². The summed E-state index contributed by atoms with van der Waals surface area (Å²) in [5, 5.41) is 4.04. The molecule has 1 amide bonds. The first-order chi connectivity index (χ1) is 15.0. The lowest BCUT2D eigenvalue weighted by Gasteiger charge is -2.09. The Morgan fingerprint density at radius 3 is 2.35 bits per heavy atom. The topological polar surface area (TPSA) is 59.9 Å². The summed E-state index contributed by atoms with van der Waals surface area (Å²) in [6, 6.07) is 21.1. The maximum absolute atomic E-state index is 12.1. The maximum Gasteiger partial charge on any atom is 0.244 e. The van der Waals surface area contributed by atoms with Crippen LogP contribution in [0.2, 0.25) is 0 Å². The highest BCUT2D eigenvalue weighted by Crippen LogP contribution is 2.26. The van der Waals surface area contributed by atoms with Crippen molar-refractivity contribution in [2.45, 2.75) is 20.0 Å². The molecule has 0 radical (unpaired) electrons. The normalized spacial score (nSPS) is 10.8. The van der Waals surface area contributed by atoms with Gasteiger partial charge in [-0.15, -0.1) is 0 Å². The van der Waals surface area contributed by atoms with Crippen molar-refractivity contribution >= 4 is 44.0 Å². The lowest BCUT2D eigenvalue weighted by molar-refractivity contribution is -0.120. The van der Waals surface area contributed by atoms with Crippen molar-refractivity contribution in [3.63, 3.8) is 0 Å². The number of carbonyl (C=O) groups excluding carboxylic acids is 1. The largest absolute Gasteiger partial charge is 0.494 e. The van der Waals surface area contributed by atoms with Gasteiger partial charge in [-0.1, -0.05) is 40.2 Å². The van der Waals surface area contributed by atoms with Gasteiger partial charge in [-0.05, 0) is 82.0 Å². The number of halogens is 2. The SMILES string of the molecule is CCOc1ccc(CC(=O)N/N=C/c2ccc(OCc3ccc(Br)cc3)c(Br)c2)cc1. The molecule has 1 N–H and O–H groups in total. The fourth-order valence-corrected chi connectivity index (χ4v) is 3.51. The minimum absolute atomic E-state index is 0.186. The van der Waals surface area contributed by atoms with Crippen LogP contribution in [0.5, 0.6) is 11.5 Å². The number of nitrogens with zero attached hydrogens (tertiary/aromatic N) is 1. The third-order valence-corrected chi connectivity index (χ3v) is 5.41. The Balaban J connectivity index is 1.49. The predicted octanol–water partition coefficient (Wildman–Crippen LogP) is 5.88.